The van der Waals surface area contributed by atoms with Crippen LogP contribution in [0.4, 0.5) is 4.79 Å². The molecule has 0 aromatic carbocycles. The topological polar surface area (TPSA) is 86.3 Å². The normalized spacial score (nSPS) is 11.2. The lowest BCUT2D eigenvalue weighted by atomic mass is 10.2. The SMILES string of the molecule is CN(C)CCOCCN(C)CCOC(=O)NCCCCCCNO. The summed E-state index contributed by atoms with van der Waals surface area (Å²) in [6.45, 7) is 5.47. The monoisotopic (exact) mass is 348 g/mol. The van der Waals surface area contributed by atoms with E-state index in [0.717, 1.165) is 45.4 Å². The van der Waals surface area contributed by atoms with Gasteiger partial charge in [-0.25, -0.2) is 10.3 Å². The van der Waals surface area contributed by atoms with Crippen LogP contribution in [0.25, 0.3) is 0 Å². The second-order valence-corrected chi connectivity index (χ2v) is 6.10. The number of carbonyl (C=O) groups excluding carboxylic acids is 1. The molecule has 0 radical (unpaired) electrons. The molecule has 144 valence electrons. The minimum atomic E-state index is -0.359. The molecule has 3 N–H and O–H groups in total. The van der Waals surface area contributed by atoms with Crippen molar-refractivity contribution in [2.75, 3.05) is 73.7 Å². The zero-order valence-electron chi connectivity index (χ0n) is 15.6. The van der Waals surface area contributed by atoms with E-state index in [1.165, 1.54) is 0 Å². The molecule has 0 aliphatic heterocycles. The van der Waals surface area contributed by atoms with Crippen molar-refractivity contribution in [3.8, 4) is 0 Å². The molecule has 0 saturated carbocycles. The van der Waals surface area contributed by atoms with Crippen molar-refractivity contribution in [3.63, 3.8) is 0 Å². The van der Waals surface area contributed by atoms with Gasteiger partial charge in [0.1, 0.15) is 6.61 Å². The van der Waals surface area contributed by atoms with Gasteiger partial charge in [0.05, 0.1) is 13.2 Å². The Kier molecular flexibility index (Phi) is 16.3. The molecule has 0 bridgehead atoms. The third-order valence-corrected chi connectivity index (χ3v) is 3.49. The summed E-state index contributed by atoms with van der Waals surface area (Å²) in [7, 11) is 6.02. The summed E-state index contributed by atoms with van der Waals surface area (Å²) in [4.78, 5) is 15.7. The maximum absolute atomic E-state index is 11.5. The van der Waals surface area contributed by atoms with E-state index in [0.29, 0.717) is 32.8 Å². The molecule has 0 atom stereocenters. The number of unbranched alkanes of at least 4 members (excludes halogenated alkanes) is 3. The number of nitrogens with zero attached hydrogens (tertiary/aromatic N) is 2. The van der Waals surface area contributed by atoms with Crippen LogP contribution in [0, 0.1) is 0 Å². The standard InChI is InChI=1S/C16H36N4O4/c1-19(2)10-13-23-14-11-20(3)12-15-24-16(21)17-8-6-4-5-7-9-18-22/h18,22H,4-15H2,1-3H3,(H,17,21). The molecule has 0 aromatic heterocycles. The van der Waals surface area contributed by atoms with Crippen LogP contribution in [-0.2, 0) is 9.47 Å². The summed E-state index contributed by atoms with van der Waals surface area (Å²) in [6, 6.07) is 0. The molecule has 24 heavy (non-hydrogen) atoms. The highest BCUT2D eigenvalue weighted by atomic mass is 16.5. The highest BCUT2D eigenvalue weighted by Crippen LogP contribution is 1.97. The first kappa shape index (κ1) is 23.1. The van der Waals surface area contributed by atoms with Crippen molar-refractivity contribution in [2.24, 2.45) is 0 Å². The summed E-state index contributed by atoms with van der Waals surface area (Å²) in [5.41, 5.74) is 2.13. The molecule has 0 aliphatic rings. The van der Waals surface area contributed by atoms with E-state index in [4.69, 9.17) is 14.7 Å². The Hall–Kier alpha value is -0.930. The minimum Gasteiger partial charge on any atom is -0.448 e. The first-order valence-corrected chi connectivity index (χ1v) is 8.75. The minimum absolute atomic E-state index is 0.359. The molecule has 0 rings (SSSR count). The van der Waals surface area contributed by atoms with Crippen LogP contribution in [0.3, 0.4) is 0 Å². The van der Waals surface area contributed by atoms with Crippen LogP contribution in [0.5, 0.6) is 0 Å². The zero-order valence-corrected chi connectivity index (χ0v) is 15.6. The number of hydrogen-bond donors (Lipinski definition) is 3. The Morgan fingerprint density at radius 2 is 1.54 bits per heavy atom. The molecule has 0 unspecified atom stereocenters. The molecule has 0 aliphatic carbocycles. The van der Waals surface area contributed by atoms with Crippen LogP contribution in [-0.4, -0.2) is 94.8 Å². The molecule has 1 amide bonds. The Labute approximate surface area is 146 Å². The van der Waals surface area contributed by atoms with Crippen LogP contribution in [0.15, 0.2) is 0 Å². The van der Waals surface area contributed by atoms with E-state index in [1.54, 1.807) is 0 Å². The van der Waals surface area contributed by atoms with Crippen LogP contribution >= 0.6 is 0 Å². The van der Waals surface area contributed by atoms with Gasteiger partial charge in [-0.2, -0.15) is 0 Å². The first-order chi connectivity index (χ1) is 11.6. The number of carbonyl (C=O) groups is 1. The van der Waals surface area contributed by atoms with Gasteiger partial charge in [0.2, 0.25) is 0 Å². The van der Waals surface area contributed by atoms with E-state index in [1.807, 2.05) is 21.1 Å². The summed E-state index contributed by atoms with van der Waals surface area (Å²) >= 11 is 0. The maximum atomic E-state index is 11.5. The second-order valence-electron chi connectivity index (χ2n) is 6.10. The van der Waals surface area contributed by atoms with Gasteiger partial charge in [0, 0.05) is 32.7 Å². The van der Waals surface area contributed by atoms with Crippen LogP contribution in [0.2, 0.25) is 0 Å². The van der Waals surface area contributed by atoms with Crippen LogP contribution in [0.1, 0.15) is 25.7 Å². The average Bonchev–Trinajstić information content (AvgIpc) is 2.53. The van der Waals surface area contributed by atoms with Crippen molar-refractivity contribution in [3.05, 3.63) is 0 Å². The lowest BCUT2D eigenvalue weighted by Gasteiger charge is -2.17. The predicted octanol–water partition coefficient (Wildman–Crippen LogP) is 0.762. The quantitative estimate of drug-likeness (QED) is 0.280. The zero-order chi connectivity index (χ0) is 18.0. The fourth-order valence-electron chi connectivity index (χ4n) is 1.90. The molecule has 0 fully saturated rings. The van der Waals surface area contributed by atoms with Crippen molar-refractivity contribution < 1.29 is 19.5 Å². The number of amides is 1. The van der Waals surface area contributed by atoms with E-state index >= 15 is 0 Å². The lowest BCUT2D eigenvalue weighted by molar-refractivity contribution is 0.0891. The predicted molar refractivity (Wildman–Crippen MR) is 94.5 cm³/mol. The number of rotatable bonds is 16. The van der Waals surface area contributed by atoms with Gasteiger partial charge >= 0.3 is 6.09 Å². The summed E-state index contributed by atoms with van der Waals surface area (Å²) in [5, 5.41) is 11.2. The van der Waals surface area contributed by atoms with E-state index in [2.05, 4.69) is 20.6 Å². The number of likely N-dealkylation sites (N-methyl/N-ethyl adjacent to an activating group) is 2. The van der Waals surface area contributed by atoms with Gasteiger partial charge in [-0.3, -0.25) is 0 Å². The van der Waals surface area contributed by atoms with Crippen LogP contribution < -0.4 is 10.8 Å². The van der Waals surface area contributed by atoms with Gasteiger partial charge < -0.3 is 29.8 Å². The maximum Gasteiger partial charge on any atom is 0.407 e. The summed E-state index contributed by atoms with van der Waals surface area (Å²) < 4.78 is 10.7. The van der Waals surface area contributed by atoms with Gasteiger partial charge in [-0.15, -0.1) is 0 Å². The van der Waals surface area contributed by atoms with Gasteiger partial charge in [-0.05, 0) is 34.0 Å². The highest BCUT2D eigenvalue weighted by Gasteiger charge is 2.03. The molecule has 8 heteroatoms. The lowest BCUT2D eigenvalue weighted by Crippen LogP contribution is -2.31. The number of ether oxygens (including phenoxy) is 2. The molecule has 0 aromatic rings. The number of hydroxylamine groups is 1. The molecule has 0 heterocycles. The number of nitrogens with one attached hydrogen (secondary N) is 2. The number of hydrogen-bond acceptors (Lipinski definition) is 7. The number of alkyl carbamates (subject to hydrolysis) is 1. The molecular weight excluding hydrogens is 312 g/mol. The fourth-order valence-corrected chi connectivity index (χ4v) is 1.90. The fraction of sp³-hybridized carbons (Fsp3) is 0.938. The van der Waals surface area contributed by atoms with E-state index in [-0.39, 0.29) is 6.09 Å². The van der Waals surface area contributed by atoms with Gasteiger partial charge in [0.25, 0.3) is 0 Å². The summed E-state index contributed by atoms with van der Waals surface area (Å²) in [6.07, 6.45) is 3.56. The molecule has 8 nitrogen and oxygen atoms in total. The van der Waals surface area contributed by atoms with Crippen molar-refractivity contribution in [1.82, 2.24) is 20.6 Å². The largest absolute Gasteiger partial charge is 0.448 e. The van der Waals surface area contributed by atoms with Gasteiger partial charge in [-0.1, -0.05) is 12.8 Å². The first-order valence-electron chi connectivity index (χ1n) is 8.75. The van der Waals surface area contributed by atoms with Crippen molar-refractivity contribution >= 4 is 6.09 Å². The highest BCUT2D eigenvalue weighted by molar-refractivity contribution is 5.66. The smallest absolute Gasteiger partial charge is 0.407 e. The summed E-state index contributed by atoms with van der Waals surface area (Å²) in [5.74, 6) is 0. The molecule has 0 spiro atoms. The molecule has 0 saturated heterocycles. The Balaban J connectivity index is 3.34. The Morgan fingerprint density at radius 3 is 2.21 bits per heavy atom. The van der Waals surface area contributed by atoms with Crippen molar-refractivity contribution in [1.29, 1.82) is 0 Å². The third-order valence-electron chi connectivity index (χ3n) is 3.49. The van der Waals surface area contributed by atoms with Crippen molar-refractivity contribution in [2.45, 2.75) is 25.7 Å². The Morgan fingerprint density at radius 1 is 0.917 bits per heavy atom. The average molecular weight is 348 g/mol. The van der Waals surface area contributed by atoms with E-state index < -0.39 is 0 Å². The molecular formula is C16H36N4O4. The third kappa shape index (κ3) is 17.4. The Bertz CT molecular complexity index is 293. The van der Waals surface area contributed by atoms with E-state index in [9.17, 15) is 4.79 Å². The second kappa shape index (κ2) is 16.9. The van der Waals surface area contributed by atoms with Gasteiger partial charge in [0.15, 0.2) is 0 Å².